The van der Waals surface area contributed by atoms with Crippen molar-refractivity contribution in [2.45, 2.75) is 19.3 Å². The van der Waals surface area contributed by atoms with E-state index < -0.39 is 0 Å². The zero-order valence-electron chi connectivity index (χ0n) is 11.0. The van der Waals surface area contributed by atoms with Gasteiger partial charge >= 0.3 is 0 Å². The van der Waals surface area contributed by atoms with E-state index in [9.17, 15) is 15.0 Å². The minimum absolute atomic E-state index is 0.0270. The first-order valence-corrected chi connectivity index (χ1v) is 7.38. The van der Waals surface area contributed by atoms with E-state index >= 15 is 0 Å². The van der Waals surface area contributed by atoms with E-state index in [0.29, 0.717) is 19.4 Å². The van der Waals surface area contributed by atoms with Crippen LogP contribution in [0.25, 0.3) is 0 Å². The average molecular weight is 291 g/mol. The van der Waals surface area contributed by atoms with Crippen LogP contribution in [0.2, 0.25) is 0 Å². The SMILES string of the molecule is O=C(CCc1ccsc1)NCCc1ccc(O)c(O)c1. The molecule has 1 aromatic heterocycles. The number of aromatic hydroxyl groups is 2. The van der Waals surface area contributed by atoms with Gasteiger partial charge < -0.3 is 15.5 Å². The van der Waals surface area contributed by atoms with Crippen LogP contribution in [0, 0.1) is 0 Å². The Kier molecular flexibility index (Phi) is 5.01. The molecule has 3 N–H and O–H groups in total. The van der Waals surface area contributed by atoms with Gasteiger partial charge in [-0.05, 0) is 52.9 Å². The van der Waals surface area contributed by atoms with Crippen molar-refractivity contribution < 1.29 is 15.0 Å². The number of benzene rings is 1. The van der Waals surface area contributed by atoms with Gasteiger partial charge in [0.1, 0.15) is 0 Å². The van der Waals surface area contributed by atoms with Gasteiger partial charge in [0.25, 0.3) is 0 Å². The zero-order valence-corrected chi connectivity index (χ0v) is 11.8. The number of nitrogens with one attached hydrogen (secondary N) is 1. The summed E-state index contributed by atoms with van der Waals surface area (Å²) in [6.07, 6.45) is 1.87. The molecule has 0 aliphatic rings. The van der Waals surface area contributed by atoms with Crippen LogP contribution in [0.15, 0.2) is 35.0 Å². The van der Waals surface area contributed by atoms with Gasteiger partial charge in [-0.1, -0.05) is 6.07 Å². The minimum atomic E-state index is -0.133. The molecule has 2 rings (SSSR count). The maximum Gasteiger partial charge on any atom is 0.220 e. The Morgan fingerprint density at radius 3 is 2.65 bits per heavy atom. The molecule has 5 heteroatoms. The summed E-state index contributed by atoms with van der Waals surface area (Å²) in [5, 5.41) is 25.5. The molecule has 0 unspecified atom stereocenters. The van der Waals surface area contributed by atoms with Crippen molar-refractivity contribution in [1.82, 2.24) is 5.32 Å². The third kappa shape index (κ3) is 4.28. The molecule has 0 saturated carbocycles. The summed E-state index contributed by atoms with van der Waals surface area (Å²) in [7, 11) is 0. The van der Waals surface area contributed by atoms with Crippen molar-refractivity contribution in [1.29, 1.82) is 0 Å². The van der Waals surface area contributed by atoms with Crippen molar-refractivity contribution in [3.63, 3.8) is 0 Å². The lowest BCUT2D eigenvalue weighted by molar-refractivity contribution is -0.121. The second kappa shape index (κ2) is 6.96. The van der Waals surface area contributed by atoms with E-state index in [1.165, 1.54) is 17.7 Å². The second-order valence-corrected chi connectivity index (χ2v) is 5.33. The highest BCUT2D eigenvalue weighted by molar-refractivity contribution is 7.07. The molecule has 0 spiro atoms. The molecule has 2 aromatic rings. The Hall–Kier alpha value is -2.01. The maximum atomic E-state index is 11.7. The van der Waals surface area contributed by atoms with Crippen molar-refractivity contribution in [2.24, 2.45) is 0 Å². The molecule has 106 valence electrons. The number of thiophene rings is 1. The van der Waals surface area contributed by atoms with E-state index in [2.05, 4.69) is 5.32 Å². The Morgan fingerprint density at radius 2 is 1.95 bits per heavy atom. The van der Waals surface area contributed by atoms with Crippen LogP contribution in [0.1, 0.15) is 17.5 Å². The average Bonchev–Trinajstić information content (AvgIpc) is 2.94. The van der Waals surface area contributed by atoms with Crippen molar-refractivity contribution in [3.8, 4) is 11.5 Å². The summed E-state index contributed by atoms with van der Waals surface area (Å²) in [5.41, 5.74) is 2.06. The van der Waals surface area contributed by atoms with Crippen LogP contribution in [0.5, 0.6) is 11.5 Å². The number of hydrogen-bond acceptors (Lipinski definition) is 4. The summed E-state index contributed by atoms with van der Waals surface area (Å²) in [4.78, 5) is 11.7. The number of hydrogen-bond donors (Lipinski definition) is 3. The lowest BCUT2D eigenvalue weighted by Gasteiger charge is -2.06. The number of aryl methyl sites for hydroxylation is 1. The summed E-state index contributed by atoms with van der Waals surface area (Å²) in [5.74, 6) is -0.237. The number of carbonyl (C=O) groups excluding carboxylic acids is 1. The van der Waals surface area contributed by atoms with Gasteiger partial charge in [0.2, 0.25) is 5.91 Å². The fraction of sp³-hybridized carbons (Fsp3) is 0.267. The number of carbonyl (C=O) groups is 1. The van der Waals surface area contributed by atoms with E-state index in [0.717, 1.165) is 12.0 Å². The lowest BCUT2D eigenvalue weighted by Crippen LogP contribution is -2.25. The molecule has 0 radical (unpaired) electrons. The normalized spacial score (nSPS) is 10.4. The van der Waals surface area contributed by atoms with Gasteiger partial charge in [0.05, 0.1) is 0 Å². The van der Waals surface area contributed by atoms with E-state index in [1.54, 1.807) is 17.4 Å². The standard InChI is InChI=1S/C15H17NO3S/c17-13-3-1-11(9-14(13)18)5-7-16-15(19)4-2-12-6-8-20-10-12/h1,3,6,8-10,17-18H,2,4-5,7H2,(H,16,19). The molecule has 0 aliphatic heterocycles. The first kappa shape index (κ1) is 14.4. The molecule has 0 fully saturated rings. The molecular weight excluding hydrogens is 274 g/mol. The van der Waals surface area contributed by atoms with Crippen LogP contribution in [-0.2, 0) is 17.6 Å². The van der Waals surface area contributed by atoms with Crippen LogP contribution in [0.4, 0.5) is 0 Å². The van der Waals surface area contributed by atoms with Gasteiger partial charge in [-0.3, -0.25) is 4.79 Å². The largest absolute Gasteiger partial charge is 0.504 e. The first-order valence-electron chi connectivity index (χ1n) is 6.44. The van der Waals surface area contributed by atoms with E-state index in [4.69, 9.17) is 0 Å². The van der Waals surface area contributed by atoms with E-state index in [-0.39, 0.29) is 17.4 Å². The van der Waals surface area contributed by atoms with Gasteiger partial charge in [-0.25, -0.2) is 0 Å². The Bertz CT molecular complexity index is 567. The van der Waals surface area contributed by atoms with Crippen molar-refractivity contribution >= 4 is 17.2 Å². The maximum absolute atomic E-state index is 11.7. The number of rotatable bonds is 6. The topological polar surface area (TPSA) is 69.6 Å². The van der Waals surface area contributed by atoms with Gasteiger partial charge in [0, 0.05) is 13.0 Å². The highest BCUT2D eigenvalue weighted by Crippen LogP contribution is 2.24. The molecular formula is C15H17NO3S. The molecule has 0 atom stereocenters. The number of phenolic OH excluding ortho intramolecular Hbond substituents is 2. The third-order valence-corrected chi connectivity index (χ3v) is 3.73. The van der Waals surface area contributed by atoms with Crippen LogP contribution in [-0.4, -0.2) is 22.7 Å². The Balaban J connectivity index is 1.69. The smallest absolute Gasteiger partial charge is 0.220 e. The number of phenols is 2. The van der Waals surface area contributed by atoms with E-state index in [1.807, 2.05) is 16.8 Å². The molecule has 0 saturated heterocycles. The Labute approximate surface area is 121 Å². The van der Waals surface area contributed by atoms with Crippen LogP contribution in [0.3, 0.4) is 0 Å². The van der Waals surface area contributed by atoms with Gasteiger partial charge in [-0.15, -0.1) is 0 Å². The quantitative estimate of drug-likeness (QED) is 0.716. The lowest BCUT2D eigenvalue weighted by atomic mass is 10.1. The number of amides is 1. The molecule has 1 amide bonds. The molecule has 4 nitrogen and oxygen atoms in total. The predicted octanol–water partition coefficient (Wildman–Crippen LogP) is 2.45. The highest BCUT2D eigenvalue weighted by Gasteiger charge is 2.04. The molecule has 0 aliphatic carbocycles. The second-order valence-electron chi connectivity index (χ2n) is 4.55. The monoisotopic (exact) mass is 291 g/mol. The molecule has 1 heterocycles. The fourth-order valence-electron chi connectivity index (χ4n) is 1.85. The third-order valence-electron chi connectivity index (χ3n) is 3.00. The van der Waals surface area contributed by atoms with Gasteiger partial charge in [0.15, 0.2) is 11.5 Å². The van der Waals surface area contributed by atoms with Crippen molar-refractivity contribution in [3.05, 3.63) is 46.2 Å². The van der Waals surface area contributed by atoms with Gasteiger partial charge in [-0.2, -0.15) is 11.3 Å². The summed E-state index contributed by atoms with van der Waals surface area (Å²) >= 11 is 1.63. The minimum Gasteiger partial charge on any atom is -0.504 e. The molecule has 20 heavy (non-hydrogen) atoms. The summed E-state index contributed by atoms with van der Waals surface area (Å²) in [6.45, 7) is 0.521. The zero-order chi connectivity index (χ0) is 14.4. The van der Waals surface area contributed by atoms with Crippen molar-refractivity contribution in [2.75, 3.05) is 6.54 Å². The van der Waals surface area contributed by atoms with Crippen LogP contribution >= 0.6 is 11.3 Å². The van der Waals surface area contributed by atoms with Crippen LogP contribution < -0.4 is 5.32 Å². The summed E-state index contributed by atoms with van der Waals surface area (Å²) < 4.78 is 0. The molecule has 1 aromatic carbocycles. The highest BCUT2D eigenvalue weighted by atomic mass is 32.1. The first-order chi connectivity index (χ1) is 9.65. The Morgan fingerprint density at radius 1 is 1.10 bits per heavy atom. The predicted molar refractivity (Wildman–Crippen MR) is 79.1 cm³/mol. The summed E-state index contributed by atoms with van der Waals surface area (Å²) in [6, 6.07) is 6.71. The molecule has 0 bridgehead atoms. The fourth-order valence-corrected chi connectivity index (χ4v) is 2.56.